The molecule has 2 heterocycles. The molecule has 5 rings (SSSR count). The lowest BCUT2D eigenvalue weighted by Gasteiger charge is -2.25. The van der Waals surface area contributed by atoms with Crippen molar-refractivity contribution in [1.82, 2.24) is 4.57 Å². The van der Waals surface area contributed by atoms with Gasteiger partial charge in [0.2, 0.25) is 0 Å². The lowest BCUT2D eigenvalue weighted by molar-refractivity contribution is -0.113. The number of aryl methyl sites for hydroxylation is 2. The number of terminal acetylenes is 1. The van der Waals surface area contributed by atoms with Crippen molar-refractivity contribution in [3.05, 3.63) is 118 Å². The van der Waals surface area contributed by atoms with Gasteiger partial charge in [-0.3, -0.25) is 14.2 Å². The first kappa shape index (κ1) is 30.2. The first-order valence-corrected chi connectivity index (χ1v) is 14.8. The number of benzene rings is 3. The summed E-state index contributed by atoms with van der Waals surface area (Å²) in [5.41, 5.74) is 4.41. The largest absolute Gasteiger partial charge is 0.497 e. The normalized spacial score (nSPS) is 14.5. The maximum atomic E-state index is 14.1. The Bertz CT molecular complexity index is 2000. The highest BCUT2D eigenvalue weighted by Crippen LogP contribution is 2.34. The molecule has 1 amide bonds. The summed E-state index contributed by atoms with van der Waals surface area (Å²) in [6, 6.07) is 15.5. The number of thiazole rings is 1. The van der Waals surface area contributed by atoms with Gasteiger partial charge in [0.25, 0.3) is 11.5 Å². The fraction of sp³-hybridized carbons (Fsp3) is 0.182. The van der Waals surface area contributed by atoms with Crippen molar-refractivity contribution in [2.75, 3.05) is 19.0 Å². The van der Waals surface area contributed by atoms with E-state index in [1.807, 2.05) is 44.2 Å². The molecule has 0 fully saturated rings. The predicted octanol–water partition coefficient (Wildman–Crippen LogP) is 5.82. The molecule has 10 heteroatoms. The molecule has 0 unspecified atom stereocenters. The van der Waals surface area contributed by atoms with Crippen LogP contribution in [0.4, 0.5) is 5.69 Å². The standard InChI is InChI=1S/C33H27Cl2N3O4S/c1-6-13-42-30-22(15-23(34)17-25(30)35)16-27-32(40)38-29(21-8-10-24(41-5)11-9-21)28(20(4)36-33(38)43-27)31(39)37-26-12-7-18(2)14-19(26)3/h1,7-12,14-17,29H,13H2,2-5H3,(H,37,39)/b27-16-/t29-/m1/s1. The van der Waals surface area contributed by atoms with Crippen LogP contribution < -0.4 is 29.7 Å². The maximum Gasteiger partial charge on any atom is 0.271 e. The monoisotopic (exact) mass is 631 g/mol. The number of hydrogen-bond acceptors (Lipinski definition) is 6. The van der Waals surface area contributed by atoms with Gasteiger partial charge in [-0.15, -0.1) is 6.42 Å². The molecule has 0 aliphatic carbocycles. The number of allylic oxidation sites excluding steroid dienone is 1. The minimum absolute atomic E-state index is 0.0148. The van der Waals surface area contributed by atoms with Crippen LogP contribution in [-0.2, 0) is 4.79 Å². The summed E-state index contributed by atoms with van der Waals surface area (Å²) >= 11 is 13.9. The van der Waals surface area contributed by atoms with Crippen molar-refractivity contribution in [1.29, 1.82) is 0 Å². The molecule has 0 spiro atoms. The summed E-state index contributed by atoms with van der Waals surface area (Å²) in [5.74, 6) is 3.03. The predicted molar refractivity (Wildman–Crippen MR) is 172 cm³/mol. The van der Waals surface area contributed by atoms with E-state index in [9.17, 15) is 9.59 Å². The van der Waals surface area contributed by atoms with Gasteiger partial charge in [0.15, 0.2) is 4.80 Å². The zero-order chi connectivity index (χ0) is 30.8. The molecular weight excluding hydrogens is 605 g/mol. The van der Waals surface area contributed by atoms with Crippen molar-refractivity contribution < 1.29 is 14.3 Å². The summed E-state index contributed by atoms with van der Waals surface area (Å²) in [6.45, 7) is 5.68. The molecule has 1 aromatic heterocycles. The number of methoxy groups -OCH3 is 1. The number of nitrogens with one attached hydrogen (secondary N) is 1. The molecule has 1 aliphatic heterocycles. The Labute approximate surface area is 262 Å². The van der Waals surface area contributed by atoms with E-state index in [2.05, 4.69) is 11.2 Å². The fourth-order valence-corrected chi connectivity index (χ4v) is 6.55. The number of halogens is 2. The summed E-state index contributed by atoms with van der Waals surface area (Å²) < 4.78 is 12.9. The summed E-state index contributed by atoms with van der Waals surface area (Å²) in [7, 11) is 1.58. The molecule has 218 valence electrons. The van der Waals surface area contributed by atoms with Crippen LogP contribution in [0, 0.1) is 26.2 Å². The lowest BCUT2D eigenvalue weighted by atomic mass is 9.95. The minimum Gasteiger partial charge on any atom is -0.497 e. The molecule has 43 heavy (non-hydrogen) atoms. The number of fused-ring (bicyclic) bond motifs is 1. The van der Waals surface area contributed by atoms with Gasteiger partial charge in [-0.05, 0) is 68.3 Å². The highest BCUT2D eigenvalue weighted by Gasteiger charge is 2.33. The number of ether oxygens (including phenoxy) is 2. The number of carbonyl (C=O) groups excluding carboxylic acids is 1. The van der Waals surface area contributed by atoms with E-state index < -0.39 is 6.04 Å². The van der Waals surface area contributed by atoms with E-state index in [1.54, 1.807) is 44.4 Å². The van der Waals surface area contributed by atoms with Gasteiger partial charge in [0.1, 0.15) is 18.1 Å². The van der Waals surface area contributed by atoms with Crippen molar-refractivity contribution in [2.24, 2.45) is 4.99 Å². The number of amides is 1. The Kier molecular flexibility index (Phi) is 8.79. The van der Waals surface area contributed by atoms with Crippen LogP contribution >= 0.6 is 34.5 Å². The van der Waals surface area contributed by atoms with Crippen LogP contribution in [0.5, 0.6) is 11.5 Å². The van der Waals surface area contributed by atoms with Crippen molar-refractivity contribution in [3.63, 3.8) is 0 Å². The molecule has 1 aliphatic rings. The van der Waals surface area contributed by atoms with Gasteiger partial charge in [-0.25, -0.2) is 4.99 Å². The number of hydrogen-bond donors (Lipinski definition) is 1. The zero-order valence-corrected chi connectivity index (χ0v) is 26.2. The van der Waals surface area contributed by atoms with Crippen LogP contribution in [0.15, 0.2) is 75.7 Å². The third-order valence-electron chi connectivity index (χ3n) is 6.95. The third kappa shape index (κ3) is 6.11. The highest BCUT2D eigenvalue weighted by atomic mass is 35.5. The van der Waals surface area contributed by atoms with Gasteiger partial charge in [0.05, 0.1) is 34.0 Å². The average Bonchev–Trinajstić information content (AvgIpc) is 3.27. The quantitative estimate of drug-likeness (QED) is 0.261. The van der Waals surface area contributed by atoms with Gasteiger partial charge < -0.3 is 14.8 Å². The minimum atomic E-state index is -0.754. The van der Waals surface area contributed by atoms with E-state index in [0.717, 1.165) is 16.7 Å². The molecular formula is C33H27Cl2N3O4S. The molecule has 0 saturated heterocycles. The maximum absolute atomic E-state index is 14.1. The number of nitrogens with zero attached hydrogens (tertiary/aromatic N) is 2. The summed E-state index contributed by atoms with van der Waals surface area (Å²) in [4.78, 5) is 33.2. The van der Waals surface area contributed by atoms with E-state index in [1.165, 1.54) is 15.9 Å². The van der Waals surface area contributed by atoms with E-state index in [0.29, 0.717) is 48.4 Å². The van der Waals surface area contributed by atoms with Gasteiger partial charge >= 0.3 is 0 Å². The molecule has 7 nitrogen and oxygen atoms in total. The number of carbonyl (C=O) groups is 1. The van der Waals surface area contributed by atoms with Crippen LogP contribution in [0.25, 0.3) is 6.08 Å². The van der Waals surface area contributed by atoms with E-state index in [4.69, 9.17) is 44.1 Å². The van der Waals surface area contributed by atoms with Crippen LogP contribution in [0.1, 0.15) is 35.2 Å². The third-order valence-corrected chi connectivity index (χ3v) is 8.43. The Balaban J connectivity index is 1.68. The van der Waals surface area contributed by atoms with Crippen LogP contribution in [0.3, 0.4) is 0 Å². The highest BCUT2D eigenvalue weighted by molar-refractivity contribution is 7.07. The van der Waals surface area contributed by atoms with E-state index in [-0.39, 0.29) is 23.1 Å². The average molecular weight is 633 g/mol. The Hall–Kier alpha value is -4.29. The fourth-order valence-electron chi connectivity index (χ4n) is 4.95. The molecule has 4 aromatic rings. The summed E-state index contributed by atoms with van der Waals surface area (Å²) in [6.07, 6.45) is 7.03. The van der Waals surface area contributed by atoms with Crippen molar-refractivity contribution in [2.45, 2.75) is 26.8 Å². The molecule has 0 saturated carbocycles. The van der Waals surface area contributed by atoms with E-state index >= 15 is 0 Å². The zero-order valence-electron chi connectivity index (χ0n) is 23.8. The Morgan fingerprint density at radius 3 is 2.56 bits per heavy atom. The van der Waals surface area contributed by atoms with Crippen molar-refractivity contribution >= 4 is 52.2 Å². The molecule has 3 aromatic carbocycles. The SMILES string of the molecule is C#CCOc1c(Cl)cc(Cl)cc1/C=c1\sc2n(c1=O)[C@H](c1ccc(OC)cc1)C(C(=O)Nc1ccc(C)cc1C)=C(C)N=2. The molecule has 1 N–H and O–H groups in total. The second-order valence-corrected chi connectivity index (χ2v) is 11.8. The first-order chi connectivity index (χ1) is 20.6. The van der Waals surface area contributed by atoms with Crippen LogP contribution in [-0.4, -0.2) is 24.2 Å². The topological polar surface area (TPSA) is 81.9 Å². The summed E-state index contributed by atoms with van der Waals surface area (Å²) in [5, 5.41) is 3.67. The smallest absolute Gasteiger partial charge is 0.271 e. The van der Waals surface area contributed by atoms with Gasteiger partial charge in [-0.2, -0.15) is 0 Å². The number of aromatic nitrogens is 1. The second kappa shape index (κ2) is 12.5. The second-order valence-electron chi connectivity index (χ2n) is 9.93. The molecule has 0 bridgehead atoms. The molecule has 1 atom stereocenters. The number of rotatable bonds is 7. The first-order valence-electron chi connectivity index (χ1n) is 13.2. The molecule has 0 radical (unpaired) electrons. The number of anilines is 1. The van der Waals surface area contributed by atoms with Crippen molar-refractivity contribution in [3.8, 4) is 23.8 Å². The van der Waals surface area contributed by atoms with Gasteiger partial charge in [-0.1, -0.05) is 70.3 Å². The Morgan fingerprint density at radius 1 is 1.14 bits per heavy atom. The Morgan fingerprint density at radius 2 is 1.88 bits per heavy atom. The van der Waals surface area contributed by atoms with Gasteiger partial charge in [0, 0.05) is 16.3 Å². The van der Waals surface area contributed by atoms with Crippen LogP contribution in [0.2, 0.25) is 10.0 Å². The lowest BCUT2D eigenvalue weighted by Crippen LogP contribution is -2.40.